The van der Waals surface area contributed by atoms with Gasteiger partial charge in [0, 0.05) is 20.3 Å². The maximum atomic E-state index is 12.5. The molecule has 2 aromatic rings. The fourth-order valence-corrected chi connectivity index (χ4v) is 3.25. The summed E-state index contributed by atoms with van der Waals surface area (Å²) in [5, 5.41) is -0.662. The Balaban J connectivity index is 2.36. The lowest BCUT2D eigenvalue weighted by Gasteiger charge is -2.13. The normalized spacial score (nSPS) is 10.9. The third kappa shape index (κ3) is 4.09. The maximum absolute atomic E-state index is 12.5. The van der Waals surface area contributed by atoms with Crippen LogP contribution in [0.3, 0.4) is 0 Å². The first-order valence-electron chi connectivity index (χ1n) is 7.11. The van der Waals surface area contributed by atoms with Crippen molar-refractivity contribution < 1.29 is 22.7 Å². The molecule has 2 aromatic heterocycles. The second kappa shape index (κ2) is 7.67. The molecule has 1 N–H and O–H groups in total. The number of hydrogen-bond donors (Lipinski definition) is 1. The molecular formula is C15H15ClN4O5S. The lowest BCUT2D eigenvalue weighted by atomic mass is 10.2. The van der Waals surface area contributed by atoms with Crippen molar-refractivity contribution in [2.24, 2.45) is 0 Å². The van der Waals surface area contributed by atoms with E-state index in [1.807, 2.05) is 4.72 Å². The molecule has 2 rings (SSSR count). The van der Waals surface area contributed by atoms with Crippen molar-refractivity contribution in [2.45, 2.75) is 5.03 Å². The van der Waals surface area contributed by atoms with Crippen molar-refractivity contribution in [3.8, 4) is 5.75 Å². The zero-order valence-corrected chi connectivity index (χ0v) is 15.6. The second-order valence-electron chi connectivity index (χ2n) is 5.18. The van der Waals surface area contributed by atoms with E-state index in [0.29, 0.717) is 0 Å². The van der Waals surface area contributed by atoms with Gasteiger partial charge in [0.25, 0.3) is 21.8 Å². The SMILES string of the molecule is COc1ccc(C(=O)NS(=O)(=O)c2ncccc2C(=O)N(C)C)nc1Cl. The molecule has 0 bridgehead atoms. The van der Waals surface area contributed by atoms with Gasteiger partial charge < -0.3 is 9.64 Å². The Bertz CT molecular complexity index is 962. The summed E-state index contributed by atoms with van der Waals surface area (Å²) >= 11 is 5.84. The lowest BCUT2D eigenvalue weighted by molar-refractivity contribution is 0.0822. The fourth-order valence-electron chi connectivity index (χ4n) is 1.93. The number of halogens is 1. The van der Waals surface area contributed by atoms with Gasteiger partial charge in [0.2, 0.25) is 0 Å². The fraction of sp³-hybridized carbons (Fsp3) is 0.200. The monoisotopic (exact) mass is 398 g/mol. The van der Waals surface area contributed by atoms with Gasteiger partial charge in [0.1, 0.15) is 5.69 Å². The minimum atomic E-state index is -4.42. The van der Waals surface area contributed by atoms with Gasteiger partial charge >= 0.3 is 0 Å². The van der Waals surface area contributed by atoms with Gasteiger partial charge in [-0.1, -0.05) is 11.6 Å². The molecule has 9 nitrogen and oxygen atoms in total. The van der Waals surface area contributed by atoms with Crippen LogP contribution in [0.25, 0.3) is 0 Å². The summed E-state index contributed by atoms with van der Waals surface area (Å²) in [6.45, 7) is 0. The lowest BCUT2D eigenvalue weighted by Crippen LogP contribution is -2.34. The van der Waals surface area contributed by atoms with Crippen LogP contribution in [0.15, 0.2) is 35.5 Å². The average Bonchev–Trinajstić information content (AvgIpc) is 2.60. The molecular weight excluding hydrogens is 384 g/mol. The van der Waals surface area contributed by atoms with Gasteiger partial charge in [-0.05, 0) is 24.3 Å². The number of nitrogens with zero attached hydrogens (tertiary/aromatic N) is 3. The van der Waals surface area contributed by atoms with E-state index in [-0.39, 0.29) is 22.2 Å². The van der Waals surface area contributed by atoms with E-state index in [4.69, 9.17) is 16.3 Å². The van der Waals surface area contributed by atoms with Crippen LogP contribution in [0.1, 0.15) is 20.8 Å². The van der Waals surface area contributed by atoms with E-state index in [1.54, 1.807) is 0 Å². The summed E-state index contributed by atoms with van der Waals surface area (Å²) in [6, 6.07) is 5.34. The predicted molar refractivity (Wildman–Crippen MR) is 92.7 cm³/mol. The molecule has 0 unspecified atom stereocenters. The number of nitrogens with one attached hydrogen (secondary N) is 1. The number of aromatic nitrogens is 2. The summed E-state index contributed by atoms with van der Waals surface area (Å²) in [4.78, 5) is 33.1. The van der Waals surface area contributed by atoms with Crippen LogP contribution in [0.5, 0.6) is 5.75 Å². The van der Waals surface area contributed by atoms with Crippen molar-refractivity contribution in [3.63, 3.8) is 0 Å². The number of carbonyl (C=O) groups is 2. The van der Waals surface area contributed by atoms with Gasteiger partial charge in [-0.2, -0.15) is 8.42 Å². The summed E-state index contributed by atoms with van der Waals surface area (Å²) < 4.78 is 31.8. The number of rotatable bonds is 5. The predicted octanol–water partition coefficient (Wildman–Crippen LogP) is 0.959. The van der Waals surface area contributed by atoms with Crippen LogP contribution >= 0.6 is 11.6 Å². The summed E-state index contributed by atoms with van der Waals surface area (Å²) in [5.41, 5.74) is -0.408. The second-order valence-corrected chi connectivity index (χ2v) is 7.14. The summed E-state index contributed by atoms with van der Waals surface area (Å²) in [7, 11) is -0.114. The molecule has 0 aromatic carbocycles. The molecule has 2 amide bonds. The molecule has 26 heavy (non-hydrogen) atoms. The minimum Gasteiger partial charge on any atom is -0.494 e. The van der Waals surface area contributed by atoms with Crippen molar-refractivity contribution in [1.29, 1.82) is 0 Å². The van der Waals surface area contributed by atoms with E-state index in [1.165, 1.54) is 56.6 Å². The molecule has 138 valence electrons. The first kappa shape index (κ1) is 19.6. The van der Waals surface area contributed by atoms with E-state index >= 15 is 0 Å². The first-order chi connectivity index (χ1) is 12.2. The van der Waals surface area contributed by atoms with Gasteiger partial charge in [0.05, 0.1) is 12.7 Å². The Hall–Kier alpha value is -2.72. The van der Waals surface area contributed by atoms with Crippen molar-refractivity contribution >= 4 is 33.4 Å². The Morgan fingerprint density at radius 2 is 1.92 bits per heavy atom. The summed E-state index contributed by atoms with van der Waals surface area (Å²) in [6.07, 6.45) is 1.20. The molecule has 11 heteroatoms. The standard InChI is InChI=1S/C15H15ClN4O5S/c1-20(2)15(22)9-5-4-8-17-14(9)26(23,24)19-13(21)10-6-7-11(25-3)12(16)18-10/h4-8H,1-3H3,(H,19,21). The largest absolute Gasteiger partial charge is 0.494 e. The number of amides is 2. The number of ether oxygens (including phenoxy) is 1. The topological polar surface area (TPSA) is 119 Å². The third-order valence-corrected chi connectivity index (χ3v) is 4.72. The van der Waals surface area contributed by atoms with Gasteiger partial charge in [-0.25, -0.2) is 14.7 Å². The van der Waals surface area contributed by atoms with Crippen molar-refractivity contribution in [2.75, 3.05) is 21.2 Å². The highest BCUT2D eigenvalue weighted by molar-refractivity contribution is 7.90. The van der Waals surface area contributed by atoms with Crippen LogP contribution in [0, 0.1) is 0 Å². The maximum Gasteiger partial charge on any atom is 0.283 e. The van der Waals surface area contributed by atoms with E-state index < -0.39 is 26.9 Å². The van der Waals surface area contributed by atoms with Gasteiger partial charge in [-0.3, -0.25) is 9.59 Å². The van der Waals surface area contributed by atoms with Crippen molar-refractivity contribution in [3.05, 3.63) is 46.9 Å². The highest BCUT2D eigenvalue weighted by Gasteiger charge is 2.27. The zero-order valence-electron chi connectivity index (χ0n) is 14.1. The Kier molecular flexibility index (Phi) is 5.78. The molecule has 0 spiro atoms. The molecule has 0 atom stereocenters. The number of pyridine rings is 2. The average molecular weight is 399 g/mol. The number of sulfonamides is 1. The quantitative estimate of drug-likeness (QED) is 0.745. The van der Waals surface area contributed by atoms with E-state index in [9.17, 15) is 18.0 Å². The van der Waals surface area contributed by atoms with Crippen LogP contribution < -0.4 is 9.46 Å². The Morgan fingerprint density at radius 1 is 1.23 bits per heavy atom. The van der Waals surface area contributed by atoms with Crippen molar-refractivity contribution in [1.82, 2.24) is 19.6 Å². The Labute approximate surface area is 155 Å². The number of hydrogen-bond acceptors (Lipinski definition) is 7. The zero-order chi connectivity index (χ0) is 19.5. The molecule has 0 aliphatic carbocycles. The molecule has 2 heterocycles. The van der Waals surface area contributed by atoms with Gasteiger partial charge in [0.15, 0.2) is 15.9 Å². The Morgan fingerprint density at radius 3 is 2.50 bits per heavy atom. The van der Waals surface area contributed by atoms with Crippen LogP contribution in [0.4, 0.5) is 0 Å². The highest BCUT2D eigenvalue weighted by atomic mass is 35.5. The minimum absolute atomic E-state index is 0.0983. The molecule has 0 aliphatic rings. The van der Waals surface area contributed by atoms with Gasteiger partial charge in [-0.15, -0.1) is 0 Å². The third-order valence-electron chi connectivity index (χ3n) is 3.16. The summed E-state index contributed by atoms with van der Waals surface area (Å²) in [5.74, 6) is -1.37. The molecule has 0 saturated heterocycles. The van der Waals surface area contributed by atoms with Crippen LogP contribution in [-0.2, 0) is 10.0 Å². The molecule has 0 fully saturated rings. The van der Waals surface area contributed by atoms with Crippen LogP contribution in [0.2, 0.25) is 5.15 Å². The first-order valence-corrected chi connectivity index (χ1v) is 8.98. The smallest absolute Gasteiger partial charge is 0.283 e. The van der Waals surface area contributed by atoms with Crippen LogP contribution in [-0.4, -0.2) is 56.3 Å². The number of methoxy groups -OCH3 is 1. The van der Waals surface area contributed by atoms with E-state index in [0.717, 1.165) is 0 Å². The molecule has 0 radical (unpaired) electrons. The highest BCUT2D eigenvalue weighted by Crippen LogP contribution is 2.21. The molecule has 0 saturated carbocycles. The number of carbonyl (C=O) groups excluding carboxylic acids is 2. The molecule has 0 aliphatic heterocycles. The van der Waals surface area contributed by atoms with E-state index in [2.05, 4.69) is 9.97 Å².